The van der Waals surface area contributed by atoms with Crippen LogP contribution in [-0.4, -0.2) is 58.8 Å². The van der Waals surface area contributed by atoms with Gasteiger partial charge in [-0.25, -0.2) is 0 Å². The summed E-state index contributed by atoms with van der Waals surface area (Å²) in [5, 5.41) is 25.9. The second-order valence-corrected chi connectivity index (χ2v) is 4.82. The molecule has 1 aliphatic heterocycles. The fourth-order valence-electron chi connectivity index (χ4n) is 1.44. The van der Waals surface area contributed by atoms with Crippen molar-refractivity contribution in [3.63, 3.8) is 0 Å². The van der Waals surface area contributed by atoms with Gasteiger partial charge >= 0.3 is 7.12 Å². The Morgan fingerprint density at radius 3 is 2.81 bits per heavy atom. The first kappa shape index (κ1) is 13.4. The van der Waals surface area contributed by atoms with E-state index in [0.29, 0.717) is 12.9 Å². The molecule has 0 amide bonds. The quantitative estimate of drug-likeness (QED) is 0.411. The highest BCUT2D eigenvalue weighted by molar-refractivity contribution is 8.03. The first-order valence-electron chi connectivity index (χ1n) is 5.17. The average Bonchev–Trinajstić information content (AvgIpc) is 2.61. The summed E-state index contributed by atoms with van der Waals surface area (Å²) in [7, 11) is 2.58. The molecule has 0 aromatic heterocycles. The lowest BCUT2D eigenvalue weighted by molar-refractivity contribution is 0.342. The van der Waals surface area contributed by atoms with Crippen LogP contribution in [0.2, 0.25) is 6.32 Å². The molecule has 0 bridgehead atoms. The van der Waals surface area contributed by atoms with Gasteiger partial charge in [-0.15, -0.1) is 11.8 Å². The molecule has 0 aromatic rings. The van der Waals surface area contributed by atoms with E-state index in [0.717, 1.165) is 5.71 Å². The Morgan fingerprint density at radius 1 is 1.62 bits per heavy atom. The van der Waals surface area contributed by atoms with Gasteiger partial charge in [0.1, 0.15) is 5.37 Å². The highest BCUT2D eigenvalue weighted by Gasteiger charge is 2.19. The zero-order valence-electron chi connectivity index (χ0n) is 9.87. The van der Waals surface area contributed by atoms with Crippen LogP contribution >= 0.6 is 11.8 Å². The third-order valence-corrected chi connectivity index (χ3v) is 3.48. The third kappa shape index (κ3) is 4.07. The van der Waals surface area contributed by atoms with Crippen LogP contribution in [0.25, 0.3) is 0 Å². The van der Waals surface area contributed by atoms with Gasteiger partial charge in [-0.2, -0.15) is 5.10 Å². The number of hydrazone groups is 1. The number of rotatable bonds is 5. The van der Waals surface area contributed by atoms with E-state index < -0.39 is 7.12 Å². The summed E-state index contributed by atoms with van der Waals surface area (Å²) in [5.41, 5.74) is 1.01. The fourth-order valence-corrected chi connectivity index (χ4v) is 2.36. The maximum absolute atomic E-state index is 8.75. The molecule has 1 rings (SSSR count). The number of thioether (sulfide) groups is 1. The van der Waals surface area contributed by atoms with Crippen LogP contribution in [0.1, 0.15) is 6.92 Å². The monoisotopic (exact) mass is 243 g/mol. The van der Waals surface area contributed by atoms with Gasteiger partial charge in [-0.05, 0) is 12.3 Å². The summed E-state index contributed by atoms with van der Waals surface area (Å²) in [6.07, 6.45) is 2.32. The van der Waals surface area contributed by atoms with E-state index >= 15 is 0 Å². The second kappa shape index (κ2) is 6.17. The van der Waals surface area contributed by atoms with Gasteiger partial charge in [0.05, 0.1) is 5.71 Å². The average molecular weight is 243 g/mol. The van der Waals surface area contributed by atoms with Gasteiger partial charge in [0.15, 0.2) is 0 Å². The maximum Gasteiger partial charge on any atom is 0.453 e. The predicted molar refractivity (Wildman–Crippen MR) is 69.0 cm³/mol. The molecule has 0 aromatic carbocycles. The van der Waals surface area contributed by atoms with Crippen LogP contribution in [0.5, 0.6) is 0 Å². The van der Waals surface area contributed by atoms with E-state index in [1.165, 1.54) is 0 Å². The molecule has 16 heavy (non-hydrogen) atoms. The van der Waals surface area contributed by atoms with E-state index in [1.54, 1.807) is 16.8 Å². The minimum atomic E-state index is -1.26. The highest BCUT2D eigenvalue weighted by atomic mass is 32.2. The minimum absolute atomic E-state index is 0.251. The molecular formula is C9H18BN3O2S. The SMILES string of the molecule is CC(=NN(C)CCB(O)O)C1SC=CN1C. The molecule has 1 atom stereocenters. The van der Waals surface area contributed by atoms with Crippen LogP contribution in [-0.2, 0) is 0 Å². The van der Waals surface area contributed by atoms with E-state index in [1.807, 2.05) is 32.6 Å². The Labute approximate surface area is 101 Å². The van der Waals surface area contributed by atoms with Crippen LogP contribution in [0.15, 0.2) is 16.7 Å². The Bertz CT molecular complexity index is 286. The Hall–Kier alpha value is -0.655. The lowest BCUT2D eigenvalue weighted by atomic mass is 9.86. The Kier molecular flexibility index (Phi) is 5.17. The van der Waals surface area contributed by atoms with Crippen molar-refractivity contribution in [1.29, 1.82) is 0 Å². The van der Waals surface area contributed by atoms with E-state index in [9.17, 15) is 0 Å². The van der Waals surface area contributed by atoms with E-state index in [2.05, 4.69) is 10.0 Å². The standard InChI is InChI=1S/C9H18BN3O2S/c1-8(9-12(2)6-7-16-9)11-13(3)5-4-10(14)15/h6-7,9,14-15H,4-5H2,1-3H3. The largest absolute Gasteiger partial charge is 0.453 e. The first-order valence-corrected chi connectivity index (χ1v) is 6.11. The second-order valence-electron chi connectivity index (χ2n) is 3.83. The number of hydrogen-bond donors (Lipinski definition) is 2. The summed E-state index contributed by atoms with van der Waals surface area (Å²) < 4.78 is 0. The van der Waals surface area contributed by atoms with Gasteiger partial charge in [-0.1, -0.05) is 0 Å². The lowest BCUT2D eigenvalue weighted by Crippen LogP contribution is -2.30. The molecule has 0 saturated heterocycles. The van der Waals surface area contributed by atoms with Gasteiger partial charge in [0.2, 0.25) is 0 Å². The van der Waals surface area contributed by atoms with Crippen molar-refractivity contribution in [3.8, 4) is 0 Å². The lowest BCUT2D eigenvalue weighted by Gasteiger charge is -2.22. The van der Waals surface area contributed by atoms with Crippen LogP contribution in [0, 0.1) is 0 Å². The molecule has 2 N–H and O–H groups in total. The summed E-state index contributed by atoms with van der Waals surface area (Å²) >= 11 is 1.71. The summed E-state index contributed by atoms with van der Waals surface area (Å²) in [4.78, 5) is 2.10. The molecule has 0 aliphatic carbocycles. The first-order chi connectivity index (χ1) is 7.50. The van der Waals surface area contributed by atoms with Crippen molar-refractivity contribution in [2.75, 3.05) is 20.6 Å². The number of hydrogen-bond acceptors (Lipinski definition) is 6. The molecule has 1 aliphatic rings. The number of nitrogens with zero attached hydrogens (tertiary/aromatic N) is 3. The van der Waals surface area contributed by atoms with Crippen molar-refractivity contribution in [2.45, 2.75) is 18.6 Å². The van der Waals surface area contributed by atoms with Crippen molar-refractivity contribution in [3.05, 3.63) is 11.6 Å². The van der Waals surface area contributed by atoms with Crippen LogP contribution in [0.3, 0.4) is 0 Å². The van der Waals surface area contributed by atoms with Crippen molar-refractivity contribution in [1.82, 2.24) is 9.91 Å². The molecule has 1 unspecified atom stereocenters. The molecule has 5 nitrogen and oxygen atoms in total. The van der Waals surface area contributed by atoms with E-state index in [4.69, 9.17) is 10.0 Å². The molecule has 7 heteroatoms. The highest BCUT2D eigenvalue weighted by Crippen LogP contribution is 2.24. The Morgan fingerprint density at radius 2 is 2.31 bits per heavy atom. The summed E-state index contributed by atoms with van der Waals surface area (Å²) in [5.74, 6) is 0. The zero-order chi connectivity index (χ0) is 12.1. The molecule has 0 saturated carbocycles. The Balaban J connectivity index is 2.43. The summed E-state index contributed by atoms with van der Waals surface area (Å²) in [6, 6.07) is 0. The topological polar surface area (TPSA) is 59.3 Å². The summed E-state index contributed by atoms with van der Waals surface area (Å²) in [6.45, 7) is 2.51. The smallest absolute Gasteiger partial charge is 0.427 e. The molecule has 0 spiro atoms. The zero-order valence-corrected chi connectivity index (χ0v) is 10.7. The molecule has 0 radical (unpaired) electrons. The van der Waals surface area contributed by atoms with Crippen molar-refractivity contribution in [2.24, 2.45) is 5.10 Å². The van der Waals surface area contributed by atoms with Crippen molar-refractivity contribution >= 4 is 24.6 Å². The predicted octanol–water partition coefficient (Wildman–Crippen LogP) is 0.243. The minimum Gasteiger partial charge on any atom is -0.427 e. The van der Waals surface area contributed by atoms with Crippen molar-refractivity contribution < 1.29 is 10.0 Å². The molecular weight excluding hydrogens is 225 g/mol. The van der Waals surface area contributed by atoms with E-state index in [-0.39, 0.29) is 5.37 Å². The molecule has 90 valence electrons. The van der Waals surface area contributed by atoms with Crippen LogP contribution < -0.4 is 0 Å². The van der Waals surface area contributed by atoms with Gasteiger partial charge in [-0.3, -0.25) is 0 Å². The maximum atomic E-state index is 8.75. The van der Waals surface area contributed by atoms with Crippen LogP contribution in [0.4, 0.5) is 0 Å². The van der Waals surface area contributed by atoms with Gasteiger partial charge in [0.25, 0.3) is 0 Å². The molecule has 0 fully saturated rings. The fraction of sp³-hybridized carbons (Fsp3) is 0.667. The third-order valence-electron chi connectivity index (χ3n) is 2.27. The van der Waals surface area contributed by atoms with Gasteiger partial charge < -0.3 is 20.0 Å². The normalized spacial score (nSPS) is 20.4. The molecule has 1 heterocycles. The van der Waals surface area contributed by atoms with Gasteiger partial charge in [0, 0.05) is 33.2 Å².